The summed E-state index contributed by atoms with van der Waals surface area (Å²) in [5, 5.41) is 7.42. The van der Waals surface area contributed by atoms with Crippen molar-refractivity contribution in [3.05, 3.63) is 29.3 Å². The molecule has 0 spiro atoms. The molecule has 0 radical (unpaired) electrons. The van der Waals surface area contributed by atoms with Gasteiger partial charge < -0.3 is 20.3 Å². The summed E-state index contributed by atoms with van der Waals surface area (Å²) in [5.74, 6) is 2.34. The molecule has 0 amide bonds. The quantitative estimate of drug-likeness (QED) is 0.617. The summed E-state index contributed by atoms with van der Waals surface area (Å²) in [6.07, 6.45) is 1.28. The first kappa shape index (κ1) is 17.9. The Morgan fingerprint density at radius 3 is 2.74 bits per heavy atom. The van der Waals surface area contributed by atoms with Crippen LogP contribution < -0.4 is 15.4 Å². The average molecular weight is 339 g/mol. The van der Waals surface area contributed by atoms with Crippen LogP contribution in [-0.4, -0.2) is 57.2 Å². The molecule has 1 aliphatic rings. The van der Waals surface area contributed by atoms with Crippen LogP contribution in [0.15, 0.2) is 29.3 Å². The molecule has 1 aromatic carbocycles. The van der Waals surface area contributed by atoms with Crippen molar-refractivity contribution in [2.75, 3.05) is 40.3 Å². The third-order valence-electron chi connectivity index (χ3n) is 3.98. The second-order valence-electron chi connectivity index (χ2n) is 6.13. The third-order valence-corrected chi connectivity index (χ3v) is 4.23. The van der Waals surface area contributed by atoms with Gasteiger partial charge in [0.1, 0.15) is 11.9 Å². The van der Waals surface area contributed by atoms with Crippen molar-refractivity contribution in [2.24, 2.45) is 10.9 Å². The Labute approximate surface area is 144 Å². The Hall–Kier alpha value is -1.46. The standard InChI is InChI=1S/C17H27ClN4O/c1-13(23-16-6-4-15(18)5-7-16)10-20-17(19-2)21-11-14-8-9-22(3)12-14/h4-7,13-14H,8-12H2,1-3H3,(H2,19,20,21). The molecule has 2 unspecified atom stereocenters. The molecular weight excluding hydrogens is 312 g/mol. The van der Waals surface area contributed by atoms with Crippen molar-refractivity contribution in [1.29, 1.82) is 0 Å². The number of hydrogen-bond donors (Lipinski definition) is 2. The highest BCUT2D eigenvalue weighted by molar-refractivity contribution is 6.30. The first-order chi connectivity index (χ1) is 11.1. The molecule has 1 heterocycles. The summed E-state index contributed by atoms with van der Waals surface area (Å²) in [6, 6.07) is 7.41. The van der Waals surface area contributed by atoms with E-state index in [2.05, 4.69) is 27.6 Å². The molecule has 2 N–H and O–H groups in total. The van der Waals surface area contributed by atoms with Crippen LogP contribution in [0.5, 0.6) is 5.75 Å². The number of halogens is 1. The molecule has 1 saturated heterocycles. The van der Waals surface area contributed by atoms with Gasteiger partial charge in [-0.25, -0.2) is 0 Å². The maximum atomic E-state index is 5.87. The number of nitrogens with one attached hydrogen (secondary N) is 2. The van der Waals surface area contributed by atoms with Crippen molar-refractivity contribution < 1.29 is 4.74 Å². The van der Waals surface area contributed by atoms with Crippen molar-refractivity contribution in [3.63, 3.8) is 0 Å². The van der Waals surface area contributed by atoms with E-state index in [0.29, 0.717) is 17.5 Å². The predicted molar refractivity (Wildman–Crippen MR) is 96.5 cm³/mol. The lowest BCUT2D eigenvalue weighted by Gasteiger charge is -2.19. The Morgan fingerprint density at radius 2 is 2.13 bits per heavy atom. The van der Waals surface area contributed by atoms with Gasteiger partial charge in [0.2, 0.25) is 0 Å². The Kier molecular flexibility index (Phi) is 6.99. The lowest BCUT2D eigenvalue weighted by molar-refractivity contribution is 0.224. The molecule has 0 bridgehead atoms. The summed E-state index contributed by atoms with van der Waals surface area (Å²) in [6.45, 7) is 6.01. The van der Waals surface area contributed by atoms with Crippen LogP contribution in [0.1, 0.15) is 13.3 Å². The Bertz CT molecular complexity index is 506. The van der Waals surface area contributed by atoms with Gasteiger partial charge in [-0.15, -0.1) is 0 Å². The summed E-state index contributed by atoms with van der Waals surface area (Å²) in [4.78, 5) is 6.63. The van der Waals surface area contributed by atoms with Gasteiger partial charge in [-0.2, -0.15) is 0 Å². The maximum Gasteiger partial charge on any atom is 0.191 e. The minimum absolute atomic E-state index is 0.0346. The monoisotopic (exact) mass is 338 g/mol. The van der Waals surface area contributed by atoms with Crippen molar-refractivity contribution in [1.82, 2.24) is 15.5 Å². The van der Waals surface area contributed by atoms with E-state index < -0.39 is 0 Å². The molecule has 0 aromatic heterocycles. The topological polar surface area (TPSA) is 48.9 Å². The van der Waals surface area contributed by atoms with Gasteiger partial charge in [0.25, 0.3) is 0 Å². The van der Waals surface area contributed by atoms with Gasteiger partial charge >= 0.3 is 0 Å². The van der Waals surface area contributed by atoms with Crippen LogP contribution in [0.2, 0.25) is 5.02 Å². The van der Waals surface area contributed by atoms with Gasteiger partial charge in [0.05, 0.1) is 6.54 Å². The predicted octanol–water partition coefficient (Wildman–Crippen LogP) is 2.22. The number of nitrogens with zero attached hydrogens (tertiary/aromatic N) is 2. The molecular formula is C17H27ClN4O. The second-order valence-corrected chi connectivity index (χ2v) is 6.57. The number of ether oxygens (including phenoxy) is 1. The zero-order valence-corrected chi connectivity index (χ0v) is 14.9. The smallest absolute Gasteiger partial charge is 0.191 e. The van der Waals surface area contributed by atoms with E-state index >= 15 is 0 Å². The molecule has 23 heavy (non-hydrogen) atoms. The Balaban J connectivity index is 1.69. The van der Waals surface area contributed by atoms with Gasteiger partial charge in [-0.05, 0) is 57.1 Å². The molecule has 1 aliphatic heterocycles. The van der Waals surface area contributed by atoms with Crippen LogP contribution in [0, 0.1) is 5.92 Å². The molecule has 2 rings (SSSR count). The lowest BCUT2D eigenvalue weighted by Crippen LogP contribution is -2.43. The van der Waals surface area contributed by atoms with Crippen LogP contribution in [0.3, 0.4) is 0 Å². The number of benzene rings is 1. The van der Waals surface area contributed by atoms with Crippen LogP contribution in [0.25, 0.3) is 0 Å². The molecule has 1 fully saturated rings. The van der Waals surface area contributed by atoms with Crippen molar-refractivity contribution >= 4 is 17.6 Å². The molecule has 5 nitrogen and oxygen atoms in total. The first-order valence-corrected chi connectivity index (χ1v) is 8.50. The zero-order chi connectivity index (χ0) is 16.7. The van der Waals surface area contributed by atoms with E-state index in [1.807, 2.05) is 31.2 Å². The van der Waals surface area contributed by atoms with Crippen molar-refractivity contribution in [3.8, 4) is 5.75 Å². The van der Waals surface area contributed by atoms with Crippen LogP contribution in [-0.2, 0) is 0 Å². The van der Waals surface area contributed by atoms with Gasteiger partial charge in [0.15, 0.2) is 5.96 Å². The molecule has 0 aliphatic carbocycles. The fourth-order valence-corrected chi connectivity index (χ4v) is 2.81. The van der Waals surface area contributed by atoms with Gasteiger partial charge in [-0.1, -0.05) is 11.6 Å². The third kappa shape index (κ3) is 6.28. The minimum Gasteiger partial charge on any atom is -0.489 e. The fourth-order valence-electron chi connectivity index (χ4n) is 2.68. The van der Waals surface area contributed by atoms with Crippen LogP contribution in [0.4, 0.5) is 0 Å². The van der Waals surface area contributed by atoms with E-state index in [-0.39, 0.29) is 6.10 Å². The van der Waals surface area contributed by atoms with E-state index in [1.54, 1.807) is 7.05 Å². The normalized spacial score (nSPS) is 20.3. The Morgan fingerprint density at radius 1 is 1.39 bits per heavy atom. The lowest BCUT2D eigenvalue weighted by atomic mass is 10.1. The number of guanidine groups is 1. The fraction of sp³-hybridized carbons (Fsp3) is 0.588. The van der Waals surface area contributed by atoms with Gasteiger partial charge in [-0.3, -0.25) is 4.99 Å². The molecule has 1 aromatic rings. The zero-order valence-electron chi connectivity index (χ0n) is 14.2. The minimum atomic E-state index is 0.0346. The second kappa shape index (κ2) is 8.99. The van der Waals surface area contributed by atoms with Crippen LogP contribution >= 0.6 is 11.6 Å². The molecule has 2 atom stereocenters. The highest BCUT2D eigenvalue weighted by Gasteiger charge is 2.19. The average Bonchev–Trinajstić information content (AvgIpc) is 2.95. The highest BCUT2D eigenvalue weighted by Crippen LogP contribution is 2.16. The van der Waals surface area contributed by atoms with Crippen molar-refractivity contribution in [2.45, 2.75) is 19.4 Å². The van der Waals surface area contributed by atoms with E-state index in [9.17, 15) is 0 Å². The summed E-state index contributed by atoms with van der Waals surface area (Å²) in [7, 11) is 3.96. The van der Waals surface area contributed by atoms with E-state index in [4.69, 9.17) is 16.3 Å². The summed E-state index contributed by atoms with van der Waals surface area (Å²) >= 11 is 5.87. The molecule has 128 valence electrons. The summed E-state index contributed by atoms with van der Waals surface area (Å²) in [5.41, 5.74) is 0. The molecule has 0 saturated carbocycles. The summed E-state index contributed by atoms with van der Waals surface area (Å²) < 4.78 is 5.85. The highest BCUT2D eigenvalue weighted by atomic mass is 35.5. The number of rotatable bonds is 6. The first-order valence-electron chi connectivity index (χ1n) is 8.12. The van der Waals surface area contributed by atoms with E-state index in [0.717, 1.165) is 24.8 Å². The van der Waals surface area contributed by atoms with E-state index in [1.165, 1.54) is 13.0 Å². The SMILES string of the molecule is CN=C(NCC1CCN(C)C1)NCC(C)Oc1ccc(Cl)cc1. The number of aliphatic imine (C=N–C) groups is 1. The number of likely N-dealkylation sites (tertiary alicyclic amines) is 1. The largest absolute Gasteiger partial charge is 0.489 e. The molecule has 6 heteroatoms. The maximum absolute atomic E-state index is 5.87. The number of hydrogen-bond acceptors (Lipinski definition) is 3. The van der Waals surface area contributed by atoms with Gasteiger partial charge in [0, 0.05) is 25.2 Å².